The van der Waals surface area contributed by atoms with Crippen molar-refractivity contribution in [3.8, 4) is 0 Å². The minimum absolute atomic E-state index is 0.0347. The van der Waals surface area contributed by atoms with Gasteiger partial charge in [-0.1, -0.05) is 16.9 Å². The lowest BCUT2D eigenvalue weighted by atomic mass is 10.2. The number of anilines is 1. The zero-order valence-electron chi connectivity index (χ0n) is 13.6. The Labute approximate surface area is 150 Å². The van der Waals surface area contributed by atoms with Crippen LogP contribution in [0, 0.1) is 18.6 Å². The fourth-order valence-electron chi connectivity index (χ4n) is 2.04. The molecule has 3 rings (SSSR count). The molecule has 0 saturated carbocycles. The Morgan fingerprint density at radius 2 is 2.04 bits per heavy atom. The van der Waals surface area contributed by atoms with Crippen LogP contribution in [0.1, 0.15) is 24.0 Å². The molecule has 136 valence electrons. The third kappa shape index (κ3) is 5.09. The lowest BCUT2D eigenvalue weighted by Gasteiger charge is -2.04. The molecule has 2 aromatic heterocycles. The molecule has 2 heterocycles. The lowest BCUT2D eigenvalue weighted by Crippen LogP contribution is -2.12. The number of nitrogens with zero attached hydrogens (tertiary/aromatic N) is 4. The number of hydrogen-bond acceptors (Lipinski definition) is 7. The van der Waals surface area contributed by atoms with E-state index in [1.165, 1.54) is 11.8 Å². The van der Waals surface area contributed by atoms with E-state index in [4.69, 9.17) is 4.52 Å². The van der Waals surface area contributed by atoms with Gasteiger partial charge in [0.25, 0.3) is 0 Å². The number of halogens is 2. The van der Waals surface area contributed by atoms with Crippen molar-refractivity contribution < 1.29 is 18.1 Å². The normalized spacial score (nSPS) is 10.9. The predicted molar refractivity (Wildman–Crippen MR) is 88.3 cm³/mol. The smallest absolute Gasteiger partial charge is 0.227 e. The van der Waals surface area contributed by atoms with E-state index in [1.807, 2.05) is 0 Å². The van der Waals surface area contributed by atoms with Crippen molar-refractivity contribution in [3.05, 3.63) is 47.4 Å². The predicted octanol–water partition coefficient (Wildman–Crippen LogP) is 2.64. The number of benzene rings is 1. The topological polar surface area (TPSA) is 110 Å². The molecule has 0 atom stereocenters. The Hall–Kier alpha value is -2.82. The Kier molecular flexibility index (Phi) is 5.56. The summed E-state index contributed by atoms with van der Waals surface area (Å²) in [6.07, 6.45) is 0.244. The van der Waals surface area contributed by atoms with Crippen molar-refractivity contribution in [1.29, 1.82) is 0 Å². The number of amides is 1. The summed E-state index contributed by atoms with van der Waals surface area (Å²) in [5.41, 5.74) is 0.0527. The first kappa shape index (κ1) is 18.0. The summed E-state index contributed by atoms with van der Waals surface area (Å²) in [6, 6.07) is 2.80. The highest BCUT2D eigenvalue weighted by Gasteiger charge is 2.11. The van der Waals surface area contributed by atoms with Crippen LogP contribution in [0.25, 0.3) is 0 Å². The second kappa shape index (κ2) is 8.04. The van der Waals surface area contributed by atoms with E-state index in [1.54, 1.807) is 6.92 Å². The van der Waals surface area contributed by atoms with E-state index in [0.717, 1.165) is 18.2 Å². The number of rotatable bonds is 7. The number of nitrogens with one attached hydrogen (secondary N) is 2. The fraction of sp³-hybridized carbons (Fsp3) is 0.267. The summed E-state index contributed by atoms with van der Waals surface area (Å²) in [4.78, 5) is 20.2. The Morgan fingerprint density at radius 1 is 1.27 bits per heavy atom. The minimum atomic E-state index is -0.763. The third-order valence-corrected chi connectivity index (χ3v) is 3.97. The highest BCUT2D eigenvalue weighted by molar-refractivity contribution is 7.98. The zero-order valence-corrected chi connectivity index (χ0v) is 14.4. The van der Waals surface area contributed by atoms with Gasteiger partial charge in [0, 0.05) is 24.6 Å². The van der Waals surface area contributed by atoms with E-state index in [2.05, 4.69) is 30.6 Å². The minimum Gasteiger partial charge on any atom is -0.339 e. The van der Waals surface area contributed by atoms with Crippen LogP contribution in [0.3, 0.4) is 0 Å². The monoisotopic (exact) mass is 380 g/mol. The maximum absolute atomic E-state index is 13.1. The first-order chi connectivity index (χ1) is 12.5. The molecule has 0 spiro atoms. The average Bonchev–Trinajstić information content (AvgIpc) is 3.18. The van der Waals surface area contributed by atoms with E-state index >= 15 is 0 Å². The van der Waals surface area contributed by atoms with Gasteiger partial charge in [-0.05, 0) is 19.1 Å². The second-order valence-electron chi connectivity index (χ2n) is 5.30. The molecule has 0 radical (unpaired) electrons. The molecule has 11 heteroatoms. The lowest BCUT2D eigenvalue weighted by molar-refractivity contribution is -0.116. The van der Waals surface area contributed by atoms with Crippen molar-refractivity contribution in [2.24, 2.45) is 0 Å². The van der Waals surface area contributed by atoms with Gasteiger partial charge in [-0.25, -0.2) is 13.8 Å². The summed E-state index contributed by atoms with van der Waals surface area (Å²) in [7, 11) is 0. The van der Waals surface area contributed by atoms with Crippen LogP contribution >= 0.6 is 11.8 Å². The molecule has 1 amide bonds. The maximum atomic E-state index is 13.1. The van der Waals surface area contributed by atoms with Gasteiger partial charge >= 0.3 is 0 Å². The van der Waals surface area contributed by atoms with Crippen molar-refractivity contribution in [3.63, 3.8) is 0 Å². The number of aromatic amines is 1. The third-order valence-electron chi connectivity index (χ3n) is 3.13. The molecular weight excluding hydrogens is 366 g/mol. The van der Waals surface area contributed by atoms with Gasteiger partial charge in [-0.15, -0.1) is 5.10 Å². The second-order valence-corrected chi connectivity index (χ2v) is 6.25. The highest BCUT2D eigenvalue weighted by Crippen LogP contribution is 2.17. The molecule has 0 unspecified atom stereocenters. The maximum Gasteiger partial charge on any atom is 0.227 e. The van der Waals surface area contributed by atoms with E-state index in [9.17, 15) is 13.6 Å². The van der Waals surface area contributed by atoms with Gasteiger partial charge in [0.15, 0.2) is 5.82 Å². The number of hydrogen-bond donors (Lipinski definition) is 2. The van der Waals surface area contributed by atoms with E-state index < -0.39 is 17.5 Å². The van der Waals surface area contributed by atoms with Crippen LogP contribution < -0.4 is 5.32 Å². The molecule has 0 fully saturated rings. The summed E-state index contributed by atoms with van der Waals surface area (Å²) in [5, 5.41) is 13.5. The highest BCUT2D eigenvalue weighted by atomic mass is 32.2. The molecule has 0 aliphatic carbocycles. The van der Waals surface area contributed by atoms with Crippen LogP contribution in [0.5, 0.6) is 0 Å². The Morgan fingerprint density at radius 3 is 2.73 bits per heavy atom. The van der Waals surface area contributed by atoms with Gasteiger partial charge in [0.05, 0.1) is 5.75 Å². The number of thioether (sulfide) groups is 1. The van der Waals surface area contributed by atoms with Gasteiger partial charge in [-0.2, -0.15) is 4.98 Å². The molecule has 26 heavy (non-hydrogen) atoms. The molecule has 0 aliphatic rings. The number of aryl methyl sites for hydroxylation is 2. The Balaban J connectivity index is 1.47. The van der Waals surface area contributed by atoms with Crippen molar-refractivity contribution in [2.75, 3.05) is 5.32 Å². The van der Waals surface area contributed by atoms with Crippen molar-refractivity contribution >= 4 is 23.4 Å². The molecule has 1 aromatic carbocycles. The quantitative estimate of drug-likeness (QED) is 0.606. The van der Waals surface area contributed by atoms with Crippen molar-refractivity contribution in [1.82, 2.24) is 25.3 Å². The number of carbonyl (C=O) groups is 1. The van der Waals surface area contributed by atoms with Crippen LogP contribution in [-0.2, 0) is 17.0 Å². The van der Waals surface area contributed by atoms with Crippen LogP contribution in [0.4, 0.5) is 14.5 Å². The molecule has 0 saturated heterocycles. The number of carbonyl (C=O) groups excluding carboxylic acids is 1. The van der Waals surface area contributed by atoms with Gasteiger partial charge in [0.2, 0.25) is 17.0 Å². The molecule has 0 aliphatic heterocycles. The summed E-state index contributed by atoms with van der Waals surface area (Å²) in [5.74, 6) is -0.0460. The molecular formula is C15H14F2N6O2S. The van der Waals surface area contributed by atoms with Gasteiger partial charge in [-0.3, -0.25) is 9.89 Å². The fourth-order valence-corrected chi connectivity index (χ4v) is 2.72. The van der Waals surface area contributed by atoms with Crippen LogP contribution in [0.2, 0.25) is 0 Å². The SMILES string of the molecule is Cc1nc(SCc2noc(CCC(=O)Nc3cc(F)cc(F)c3)n2)n[nH]1. The molecule has 3 aromatic rings. The molecule has 2 N–H and O–H groups in total. The Bertz CT molecular complexity index is 893. The summed E-state index contributed by atoms with van der Waals surface area (Å²) >= 11 is 1.35. The first-order valence-corrected chi connectivity index (χ1v) is 8.56. The summed E-state index contributed by atoms with van der Waals surface area (Å²) < 4.78 is 31.3. The van der Waals surface area contributed by atoms with E-state index in [0.29, 0.717) is 28.4 Å². The van der Waals surface area contributed by atoms with E-state index in [-0.39, 0.29) is 18.5 Å². The number of aromatic nitrogens is 5. The van der Waals surface area contributed by atoms with Gasteiger partial charge in [0.1, 0.15) is 17.5 Å². The summed E-state index contributed by atoms with van der Waals surface area (Å²) in [6.45, 7) is 1.80. The molecule has 8 nitrogen and oxygen atoms in total. The van der Waals surface area contributed by atoms with Gasteiger partial charge < -0.3 is 9.84 Å². The van der Waals surface area contributed by atoms with Crippen LogP contribution in [-0.4, -0.2) is 31.2 Å². The molecule has 0 bridgehead atoms. The van der Waals surface area contributed by atoms with Crippen molar-refractivity contribution in [2.45, 2.75) is 30.7 Å². The van der Waals surface area contributed by atoms with Crippen LogP contribution in [0.15, 0.2) is 27.9 Å². The number of H-pyrrole nitrogens is 1. The largest absolute Gasteiger partial charge is 0.339 e. The standard InChI is InChI=1S/C15H14F2N6O2S/c1-8-18-15(22-21-8)26-7-12-20-14(25-23-12)3-2-13(24)19-11-5-9(16)4-10(17)6-11/h4-6H,2-3,7H2,1H3,(H,19,24)(H,18,21,22). The average molecular weight is 380 g/mol. The zero-order chi connectivity index (χ0) is 18.5. The first-order valence-electron chi connectivity index (χ1n) is 7.57.